The highest BCUT2D eigenvalue weighted by Crippen LogP contribution is 2.31. The number of anilines is 1. The maximum Gasteiger partial charge on any atom is 0.297 e. The molecule has 5 nitrogen and oxygen atoms in total. The predicted octanol–water partition coefficient (Wildman–Crippen LogP) is 2.72. The molecular formula is C12H13NO4S2. The summed E-state index contributed by atoms with van der Waals surface area (Å²) in [6, 6.07) is 8.04. The lowest BCUT2D eigenvalue weighted by molar-refractivity contribution is 0.484. The number of hydrogen-bond donors (Lipinski definition) is 2. The third kappa shape index (κ3) is 2.94. The minimum Gasteiger partial charge on any atom is -0.426 e. The molecule has 2 aromatic rings. The molecule has 0 radical (unpaired) electrons. The van der Waals surface area contributed by atoms with Gasteiger partial charge >= 0.3 is 0 Å². The standard InChI is InChI=1S/C12H13NO4S2/c1-2-18-17-9-4-5-10-8(7-9)3-6-11(13)12(10)19(14,15)16/h3-7H,2,13H2,1H3,(H,14,15,16). The Bertz CT molecular complexity index is 713. The number of hydrogen-bond acceptors (Lipinski definition) is 5. The summed E-state index contributed by atoms with van der Waals surface area (Å²) in [6.07, 6.45) is 0. The van der Waals surface area contributed by atoms with Crippen molar-refractivity contribution in [3.63, 3.8) is 0 Å². The largest absolute Gasteiger partial charge is 0.426 e. The molecule has 2 aromatic carbocycles. The van der Waals surface area contributed by atoms with Crippen LogP contribution in [-0.4, -0.2) is 18.7 Å². The molecule has 0 aliphatic rings. The lowest BCUT2D eigenvalue weighted by atomic mass is 10.1. The van der Waals surface area contributed by atoms with Crippen molar-refractivity contribution in [2.75, 3.05) is 11.5 Å². The van der Waals surface area contributed by atoms with Gasteiger partial charge in [0.1, 0.15) is 10.6 Å². The third-order valence-corrected chi connectivity index (χ3v) is 4.02. The van der Waals surface area contributed by atoms with Crippen LogP contribution in [0.15, 0.2) is 35.2 Å². The van der Waals surface area contributed by atoms with Gasteiger partial charge in [-0.3, -0.25) is 4.55 Å². The zero-order valence-corrected chi connectivity index (χ0v) is 11.8. The molecule has 0 atom stereocenters. The molecule has 0 bridgehead atoms. The zero-order valence-electron chi connectivity index (χ0n) is 10.2. The fraction of sp³-hybridized carbons (Fsp3) is 0.167. The van der Waals surface area contributed by atoms with Crippen molar-refractivity contribution in [3.8, 4) is 5.75 Å². The van der Waals surface area contributed by atoms with Gasteiger partial charge in [0.25, 0.3) is 10.1 Å². The van der Waals surface area contributed by atoms with E-state index in [1.807, 2.05) is 6.92 Å². The number of nitrogens with two attached hydrogens (primary N) is 1. The van der Waals surface area contributed by atoms with E-state index in [0.717, 1.165) is 5.75 Å². The summed E-state index contributed by atoms with van der Waals surface area (Å²) in [5, 5.41) is 1.01. The van der Waals surface area contributed by atoms with Gasteiger partial charge in [0.2, 0.25) is 0 Å². The average molecular weight is 299 g/mol. The van der Waals surface area contributed by atoms with Gasteiger partial charge in [0.05, 0.1) is 17.7 Å². The van der Waals surface area contributed by atoms with Gasteiger partial charge in [-0.25, -0.2) is 0 Å². The van der Waals surface area contributed by atoms with Crippen molar-refractivity contribution in [3.05, 3.63) is 30.3 Å². The van der Waals surface area contributed by atoms with E-state index in [1.165, 1.54) is 18.1 Å². The summed E-state index contributed by atoms with van der Waals surface area (Å²) in [7, 11) is -4.36. The first-order valence-corrected chi connectivity index (χ1v) is 7.87. The molecule has 2 rings (SSSR count). The predicted molar refractivity (Wildman–Crippen MR) is 76.9 cm³/mol. The number of nitrogen functional groups attached to an aromatic ring is 1. The van der Waals surface area contributed by atoms with Crippen LogP contribution in [0.1, 0.15) is 6.92 Å². The van der Waals surface area contributed by atoms with Crippen molar-refractivity contribution in [2.24, 2.45) is 0 Å². The average Bonchev–Trinajstić information content (AvgIpc) is 2.34. The Morgan fingerprint density at radius 1 is 1.32 bits per heavy atom. The van der Waals surface area contributed by atoms with E-state index >= 15 is 0 Å². The van der Waals surface area contributed by atoms with Gasteiger partial charge in [0, 0.05) is 11.1 Å². The Morgan fingerprint density at radius 2 is 2.05 bits per heavy atom. The minimum absolute atomic E-state index is 0.0200. The summed E-state index contributed by atoms with van der Waals surface area (Å²) in [6.45, 7) is 1.96. The first-order chi connectivity index (χ1) is 8.93. The smallest absolute Gasteiger partial charge is 0.297 e. The lowest BCUT2D eigenvalue weighted by Crippen LogP contribution is -2.04. The molecule has 0 saturated carbocycles. The molecule has 0 aliphatic heterocycles. The van der Waals surface area contributed by atoms with Crippen LogP contribution in [-0.2, 0) is 10.1 Å². The van der Waals surface area contributed by atoms with Crippen molar-refractivity contribution in [2.45, 2.75) is 11.8 Å². The Balaban J connectivity index is 2.62. The molecule has 0 unspecified atom stereocenters. The second-order valence-corrected chi connectivity index (χ2v) is 6.17. The number of rotatable bonds is 4. The fourth-order valence-electron chi connectivity index (χ4n) is 1.76. The number of fused-ring (bicyclic) bond motifs is 1. The molecular weight excluding hydrogens is 286 g/mol. The molecule has 0 saturated heterocycles. The van der Waals surface area contributed by atoms with Crippen LogP contribution in [0.25, 0.3) is 10.8 Å². The molecule has 7 heteroatoms. The minimum atomic E-state index is -4.36. The van der Waals surface area contributed by atoms with Crippen LogP contribution in [0, 0.1) is 0 Å². The van der Waals surface area contributed by atoms with E-state index in [2.05, 4.69) is 0 Å². The number of benzene rings is 2. The SMILES string of the molecule is CCSOc1ccc2c(S(=O)(=O)O)c(N)ccc2c1. The van der Waals surface area contributed by atoms with Crippen LogP contribution in [0.5, 0.6) is 5.75 Å². The lowest BCUT2D eigenvalue weighted by Gasteiger charge is -2.09. The molecule has 102 valence electrons. The quantitative estimate of drug-likeness (QED) is 0.512. The van der Waals surface area contributed by atoms with E-state index in [4.69, 9.17) is 9.92 Å². The molecule has 0 aliphatic carbocycles. The van der Waals surface area contributed by atoms with Crippen LogP contribution in [0.3, 0.4) is 0 Å². The van der Waals surface area contributed by atoms with Gasteiger partial charge in [0.15, 0.2) is 0 Å². The van der Waals surface area contributed by atoms with E-state index in [0.29, 0.717) is 16.5 Å². The van der Waals surface area contributed by atoms with E-state index in [-0.39, 0.29) is 10.6 Å². The van der Waals surface area contributed by atoms with Crippen LogP contribution in [0.2, 0.25) is 0 Å². The third-order valence-electron chi connectivity index (χ3n) is 2.50. The van der Waals surface area contributed by atoms with Crippen molar-refractivity contribution in [1.29, 1.82) is 0 Å². The van der Waals surface area contributed by atoms with E-state index in [1.54, 1.807) is 24.3 Å². The Hall–Kier alpha value is -1.44. The highest BCUT2D eigenvalue weighted by Gasteiger charge is 2.18. The summed E-state index contributed by atoms with van der Waals surface area (Å²) < 4.78 is 37.4. The first-order valence-electron chi connectivity index (χ1n) is 5.52. The summed E-state index contributed by atoms with van der Waals surface area (Å²) in [4.78, 5) is -0.264. The second kappa shape index (κ2) is 5.28. The van der Waals surface area contributed by atoms with E-state index < -0.39 is 10.1 Å². The first kappa shape index (κ1) is 14.0. The zero-order chi connectivity index (χ0) is 14.0. The molecule has 0 heterocycles. The normalized spacial score (nSPS) is 11.7. The van der Waals surface area contributed by atoms with Gasteiger partial charge < -0.3 is 9.92 Å². The monoisotopic (exact) mass is 299 g/mol. The van der Waals surface area contributed by atoms with Gasteiger partial charge in [-0.1, -0.05) is 13.0 Å². The van der Waals surface area contributed by atoms with Crippen LogP contribution in [0.4, 0.5) is 5.69 Å². The fourth-order valence-corrected chi connectivity index (χ4v) is 2.95. The highest BCUT2D eigenvalue weighted by atomic mass is 32.2. The topological polar surface area (TPSA) is 89.6 Å². The molecule has 0 spiro atoms. The summed E-state index contributed by atoms with van der Waals surface area (Å²) in [5.74, 6) is 1.42. The molecule has 3 N–H and O–H groups in total. The molecule has 19 heavy (non-hydrogen) atoms. The van der Waals surface area contributed by atoms with Gasteiger partial charge in [-0.15, -0.1) is 0 Å². The van der Waals surface area contributed by atoms with Gasteiger partial charge in [-0.05, 0) is 29.7 Å². The molecule has 0 aromatic heterocycles. The highest BCUT2D eigenvalue weighted by molar-refractivity contribution is 7.94. The van der Waals surface area contributed by atoms with Crippen molar-refractivity contribution in [1.82, 2.24) is 0 Å². The Labute approximate surface area is 115 Å². The molecule has 0 fully saturated rings. The second-order valence-electron chi connectivity index (χ2n) is 3.83. The van der Waals surface area contributed by atoms with E-state index in [9.17, 15) is 13.0 Å². The van der Waals surface area contributed by atoms with Crippen LogP contribution >= 0.6 is 12.0 Å². The maximum absolute atomic E-state index is 11.4. The summed E-state index contributed by atoms with van der Waals surface area (Å²) >= 11 is 1.29. The summed E-state index contributed by atoms with van der Waals surface area (Å²) in [5.41, 5.74) is 5.64. The van der Waals surface area contributed by atoms with Crippen molar-refractivity contribution >= 4 is 38.6 Å². The maximum atomic E-state index is 11.4. The van der Waals surface area contributed by atoms with Gasteiger partial charge in [-0.2, -0.15) is 8.42 Å². The molecule has 0 amide bonds. The Morgan fingerprint density at radius 3 is 2.68 bits per heavy atom. The van der Waals surface area contributed by atoms with Crippen LogP contribution < -0.4 is 9.92 Å². The van der Waals surface area contributed by atoms with Crippen molar-refractivity contribution < 1.29 is 17.2 Å². The Kier molecular flexibility index (Phi) is 3.88.